The fourth-order valence-electron chi connectivity index (χ4n) is 1.30. The van der Waals surface area contributed by atoms with Crippen LogP contribution in [0.5, 0.6) is 0 Å². The van der Waals surface area contributed by atoms with Gasteiger partial charge in [-0.3, -0.25) is 0 Å². The second-order valence-corrected chi connectivity index (χ2v) is 23.7. The van der Waals surface area contributed by atoms with Crippen molar-refractivity contribution in [2.24, 2.45) is 0 Å². The zero-order chi connectivity index (χ0) is 19.3. The number of hydrogen-bond donors (Lipinski definition) is 0. The molecule has 0 rings (SSSR count). The minimum absolute atomic E-state index is 0. The maximum atomic E-state index is 4.94. The molecule has 0 atom stereocenters. The van der Waals surface area contributed by atoms with Gasteiger partial charge in [-0.05, 0) is 0 Å². The molecule has 0 fully saturated rings. The van der Waals surface area contributed by atoms with Crippen molar-refractivity contribution in [1.82, 2.24) is 0 Å². The van der Waals surface area contributed by atoms with E-state index in [1.807, 2.05) is 0 Å². The summed E-state index contributed by atoms with van der Waals surface area (Å²) in [6.07, 6.45) is 0. The minimum atomic E-state index is -1.72. The molecule has 0 saturated heterocycles. The Kier molecular flexibility index (Phi) is 94.3. The Morgan fingerprint density at radius 1 is 0.586 bits per heavy atom. The van der Waals surface area contributed by atoms with Crippen LogP contribution in [0.15, 0.2) is 0 Å². The van der Waals surface area contributed by atoms with Crippen LogP contribution in [0, 0.1) is 5.92 Å². The van der Waals surface area contributed by atoms with Crippen molar-refractivity contribution < 1.29 is 50.1 Å². The second kappa shape index (κ2) is 39.2. The normalized spacial score (nSPS) is 7.76. The van der Waals surface area contributed by atoms with Crippen LogP contribution in [-0.4, -0.2) is 39.7 Å². The topological polar surface area (TPSA) is 0 Å². The maximum Gasteiger partial charge on any atom is 1.00 e. The molecular weight excluding hydrogens is 477 g/mol. The van der Waals surface area contributed by atoms with Crippen molar-refractivity contribution in [2.45, 2.75) is 124 Å². The van der Waals surface area contributed by atoms with Crippen LogP contribution >= 0.6 is 30.1 Å². The first-order chi connectivity index (χ1) is 9.35. The van der Waals surface area contributed by atoms with Crippen LogP contribution in [-0.2, 0) is 0 Å². The standard InChI is InChI=1S/3C4H9.4CH4.4CH3.3Al.4ClH.2Li/c3*1-4(2)3;;;;;;;;;;;;;;;;;/h3*1-3H3;4*1H4;4*1H3;;;;4*1H;;/q;;-1;;;;;;;;;;;+3;;;;;2*+1/p-4. The summed E-state index contributed by atoms with van der Waals surface area (Å²) in [6, 6.07) is 0. The van der Waals surface area contributed by atoms with Gasteiger partial charge in [0.15, 0.2) is 0 Å². The van der Waals surface area contributed by atoms with Crippen LogP contribution in [0.3, 0.4) is 0 Å². The van der Waals surface area contributed by atoms with Gasteiger partial charge in [0.25, 0.3) is 28.3 Å². The molecule has 0 radical (unpaired) electrons. The van der Waals surface area contributed by atoms with E-state index >= 15 is 0 Å². The molecule has 174 valence electrons. The predicted molar refractivity (Wildman–Crippen MR) is 145 cm³/mol. The Morgan fingerprint density at radius 2 is 0.655 bits per heavy atom. The first kappa shape index (κ1) is 69.8. The Balaban J connectivity index is -0.0000000167. The molecule has 0 aromatic rings. The van der Waals surface area contributed by atoms with Crippen molar-refractivity contribution in [3.05, 3.63) is 5.92 Å². The minimum Gasteiger partial charge on any atom is -1.00 e. The van der Waals surface area contributed by atoms with Gasteiger partial charge in [0.1, 0.15) is 0 Å². The molecule has 0 amide bonds. The van der Waals surface area contributed by atoms with Crippen molar-refractivity contribution in [2.75, 3.05) is 0 Å². The average molecular weight is 532 g/mol. The fraction of sp³-hybridized carbons (Fsp3) is 0.950. The molecule has 0 aromatic carbocycles. The van der Waals surface area contributed by atoms with E-state index in [9.17, 15) is 0 Å². The Hall–Kier alpha value is 3.95. The van der Waals surface area contributed by atoms with Gasteiger partial charge in [-0.2, -0.15) is 20.8 Å². The molecule has 0 aliphatic carbocycles. The van der Waals surface area contributed by atoms with Crippen LogP contribution < -0.4 is 50.1 Å². The van der Waals surface area contributed by atoms with E-state index < -0.39 is 25.5 Å². The molecule has 0 aliphatic rings. The monoisotopic (exact) mass is 530 g/mol. The summed E-state index contributed by atoms with van der Waals surface area (Å²) in [5.74, 6) is 10.8. The number of hydrogen-bond acceptors (Lipinski definition) is 0. The second-order valence-electron chi connectivity index (χ2n) is 8.93. The quantitative estimate of drug-likeness (QED) is 0.331. The molecule has 29 heavy (non-hydrogen) atoms. The van der Waals surface area contributed by atoms with Gasteiger partial charge in [-0.15, -0.1) is 23.1 Å². The van der Waals surface area contributed by atoms with Crippen LogP contribution in [0.25, 0.3) is 0 Å². The smallest absolute Gasteiger partial charge is 1.00 e. The summed E-state index contributed by atoms with van der Waals surface area (Å²) in [5.41, 5.74) is 0. The Labute approximate surface area is 246 Å². The molecule has 9 heteroatoms. The molecule has 0 spiro atoms. The van der Waals surface area contributed by atoms with Crippen LogP contribution in [0.4, 0.5) is 0 Å². The molecule has 0 aliphatic heterocycles. The van der Waals surface area contributed by atoms with Gasteiger partial charge >= 0.3 is 49.1 Å². The van der Waals surface area contributed by atoms with Gasteiger partial charge in [0, 0.05) is 0 Å². The average Bonchev–Trinajstić information content (AvgIpc) is 2.10. The van der Waals surface area contributed by atoms with Crippen molar-refractivity contribution in [3.63, 3.8) is 0 Å². The van der Waals surface area contributed by atoms with E-state index in [2.05, 4.69) is 85.5 Å². The maximum absolute atomic E-state index is 4.94. The van der Waals surface area contributed by atoms with E-state index in [0.717, 1.165) is 0 Å². The van der Waals surface area contributed by atoms with Crippen molar-refractivity contribution >= 4 is 69.8 Å². The SMILES string of the molecule is C.C.C.C.C[C-](C)C.[CH3][Al]([CH3])[CH3].[CH3][Al]([C](C)(C)C)[C](C)(C)C.[Cl-].[Cl][Al]([Cl])[Cl].[Li+].[Li+]. The molecule has 0 nitrogen and oxygen atoms in total. The van der Waals surface area contributed by atoms with Gasteiger partial charge < -0.3 is 18.3 Å². The molecule has 0 bridgehead atoms. The zero-order valence-corrected chi connectivity index (χ0v) is 26.2. The molecule has 0 aromatic heterocycles. The third kappa shape index (κ3) is 113. The Morgan fingerprint density at radius 3 is 0.655 bits per heavy atom. The van der Waals surface area contributed by atoms with E-state index in [0.29, 0.717) is 8.55 Å². The molecular formula is C20H55Al3Cl4Li2. The van der Waals surface area contributed by atoms with E-state index in [-0.39, 0.29) is 94.0 Å². The summed E-state index contributed by atoms with van der Waals surface area (Å²) in [7, 11) is 14.8. The van der Waals surface area contributed by atoms with Crippen molar-refractivity contribution in [1.29, 1.82) is 0 Å². The van der Waals surface area contributed by atoms with Gasteiger partial charge in [-0.25, -0.2) is 30.1 Å². The first-order valence-corrected chi connectivity index (χ1v) is 19.1. The van der Waals surface area contributed by atoms with E-state index in [1.165, 1.54) is 5.92 Å². The van der Waals surface area contributed by atoms with Gasteiger partial charge in [0.2, 0.25) is 0 Å². The summed E-state index contributed by atoms with van der Waals surface area (Å²) >= 11 is -2.44. The molecule has 0 saturated carbocycles. The van der Waals surface area contributed by atoms with E-state index in [1.54, 1.807) is 0 Å². The van der Waals surface area contributed by atoms with Crippen molar-refractivity contribution in [3.8, 4) is 0 Å². The Bertz CT molecular complexity index is 198. The van der Waals surface area contributed by atoms with Crippen LogP contribution in [0.2, 0.25) is 31.7 Å². The fourth-order valence-corrected chi connectivity index (χ4v) is 3.90. The summed E-state index contributed by atoms with van der Waals surface area (Å²) in [4.78, 5) is 0. The molecule has 0 heterocycles. The van der Waals surface area contributed by atoms with Crippen LogP contribution in [0.1, 0.15) is 92.0 Å². The number of halogens is 4. The van der Waals surface area contributed by atoms with E-state index in [4.69, 9.17) is 30.1 Å². The summed E-state index contributed by atoms with van der Waals surface area (Å²) in [6.45, 7) is 20.5. The van der Waals surface area contributed by atoms with Gasteiger partial charge in [0.05, 0.1) is 0 Å². The number of rotatable bonds is 0. The molecule has 0 N–H and O–H groups in total. The summed E-state index contributed by atoms with van der Waals surface area (Å²) < 4.78 is 1.16. The first-order valence-electron chi connectivity index (χ1n) is 8.04. The molecule has 0 unspecified atom stereocenters. The van der Waals surface area contributed by atoms with Gasteiger partial charge in [-0.1, -0.05) is 79.8 Å². The zero-order valence-electron chi connectivity index (χ0n) is 19.7. The largest absolute Gasteiger partial charge is 1.00 e. The third-order valence-electron chi connectivity index (χ3n) is 2.60. The third-order valence-corrected chi connectivity index (χ3v) is 7.79. The summed E-state index contributed by atoms with van der Waals surface area (Å²) in [5, 5.41) is 0. The predicted octanol–water partition coefficient (Wildman–Crippen LogP) is 1.95.